The minimum Gasteiger partial charge on any atom is -0.205 e. The summed E-state index contributed by atoms with van der Waals surface area (Å²) in [5.74, 6) is -4.42. The second-order valence-corrected chi connectivity index (χ2v) is 3.21. The van der Waals surface area contributed by atoms with Crippen molar-refractivity contribution in [2.75, 3.05) is 0 Å². The third-order valence-electron chi connectivity index (χ3n) is 1.43. The monoisotopic (exact) mass is 248 g/mol. The molecule has 13 heavy (non-hydrogen) atoms. The van der Waals surface area contributed by atoms with Gasteiger partial charge in [-0.15, -0.1) is 11.6 Å². The first-order valence-electron chi connectivity index (χ1n) is 3.07. The van der Waals surface area contributed by atoms with Crippen molar-refractivity contribution in [2.45, 2.75) is 5.88 Å². The van der Waals surface area contributed by atoms with Crippen molar-refractivity contribution in [3.05, 3.63) is 33.1 Å². The lowest BCUT2D eigenvalue weighted by Crippen LogP contribution is -1.99. The van der Waals surface area contributed by atoms with Crippen molar-refractivity contribution in [1.29, 1.82) is 0 Å². The van der Waals surface area contributed by atoms with Gasteiger partial charge < -0.3 is 0 Å². The van der Waals surface area contributed by atoms with Crippen LogP contribution in [0, 0.1) is 17.5 Å². The Kier molecular flexibility index (Phi) is 3.33. The molecular formula is C7H2Cl3F3. The van der Waals surface area contributed by atoms with Crippen LogP contribution >= 0.6 is 34.8 Å². The van der Waals surface area contributed by atoms with Gasteiger partial charge in [0, 0.05) is 5.56 Å². The fourth-order valence-electron chi connectivity index (χ4n) is 0.768. The molecule has 0 aliphatic heterocycles. The van der Waals surface area contributed by atoms with Crippen LogP contribution in [0.3, 0.4) is 0 Å². The van der Waals surface area contributed by atoms with Crippen molar-refractivity contribution in [2.24, 2.45) is 0 Å². The maximum atomic E-state index is 13.0. The van der Waals surface area contributed by atoms with Crippen molar-refractivity contribution < 1.29 is 13.2 Å². The number of hydrogen-bond donors (Lipinski definition) is 0. The summed E-state index contributed by atoms with van der Waals surface area (Å²) in [6, 6.07) is 0. The number of halogens is 6. The summed E-state index contributed by atoms with van der Waals surface area (Å²) in [7, 11) is 0. The molecule has 0 fully saturated rings. The van der Waals surface area contributed by atoms with Gasteiger partial charge in [-0.1, -0.05) is 23.2 Å². The third kappa shape index (κ3) is 1.73. The molecule has 6 heteroatoms. The van der Waals surface area contributed by atoms with Crippen LogP contribution in [0.4, 0.5) is 13.2 Å². The Morgan fingerprint density at radius 2 is 1.31 bits per heavy atom. The molecule has 1 rings (SSSR count). The first-order chi connectivity index (χ1) is 6.00. The summed E-state index contributed by atoms with van der Waals surface area (Å²) in [5, 5.41) is -1.43. The highest BCUT2D eigenvalue weighted by Gasteiger charge is 2.21. The van der Waals surface area contributed by atoms with Gasteiger partial charge in [0.05, 0.1) is 10.9 Å². The SMILES string of the molecule is Fc1c(F)c(CCl)c(F)c(Cl)c1Cl. The number of alkyl halides is 1. The highest BCUT2D eigenvalue weighted by Crippen LogP contribution is 2.33. The molecule has 0 radical (unpaired) electrons. The van der Waals surface area contributed by atoms with Crippen LogP contribution in [0.2, 0.25) is 10.0 Å². The lowest BCUT2D eigenvalue weighted by molar-refractivity contribution is 0.485. The van der Waals surface area contributed by atoms with E-state index >= 15 is 0 Å². The van der Waals surface area contributed by atoms with E-state index in [2.05, 4.69) is 0 Å². The molecule has 0 bridgehead atoms. The largest absolute Gasteiger partial charge is 0.205 e. The van der Waals surface area contributed by atoms with Gasteiger partial charge in [0.2, 0.25) is 0 Å². The zero-order valence-electron chi connectivity index (χ0n) is 5.97. The van der Waals surface area contributed by atoms with Gasteiger partial charge in [-0.05, 0) is 0 Å². The summed E-state index contributed by atoms with van der Waals surface area (Å²) in [5.41, 5.74) is -0.617. The van der Waals surface area contributed by atoms with Crippen LogP contribution in [0.25, 0.3) is 0 Å². The summed E-state index contributed by atoms with van der Waals surface area (Å²) in [4.78, 5) is 0. The van der Waals surface area contributed by atoms with Crippen LogP contribution in [-0.2, 0) is 5.88 Å². The Labute approximate surface area is 87.2 Å². The molecule has 0 heterocycles. The minimum absolute atomic E-state index is 0.508. The van der Waals surface area contributed by atoms with E-state index < -0.39 is 38.9 Å². The summed E-state index contributed by atoms with van der Waals surface area (Å²) in [6.45, 7) is 0. The maximum Gasteiger partial charge on any atom is 0.179 e. The fourth-order valence-corrected chi connectivity index (χ4v) is 1.37. The Bertz CT molecular complexity index is 322. The van der Waals surface area contributed by atoms with E-state index in [1.807, 2.05) is 0 Å². The predicted octanol–water partition coefficient (Wildman–Crippen LogP) is 4.15. The molecule has 0 unspecified atom stereocenters. The van der Waals surface area contributed by atoms with Gasteiger partial charge in [-0.25, -0.2) is 13.2 Å². The van der Waals surface area contributed by atoms with Crippen LogP contribution in [-0.4, -0.2) is 0 Å². The molecule has 0 aliphatic rings. The maximum absolute atomic E-state index is 13.0. The van der Waals surface area contributed by atoms with E-state index in [0.29, 0.717) is 0 Å². The van der Waals surface area contributed by atoms with Gasteiger partial charge in [-0.2, -0.15) is 0 Å². The minimum atomic E-state index is -1.40. The standard InChI is InChI=1S/C7H2Cl3F3/c8-1-2-5(11)3(9)4(10)7(13)6(2)12/h1H2. The lowest BCUT2D eigenvalue weighted by atomic mass is 10.2. The molecule has 1 aromatic rings. The van der Waals surface area contributed by atoms with Crippen molar-refractivity contribution in [1.82, 2.24) is 0 Å². The van der Waals surface area contributed by atoms with Crippen molar-refractivity contribution >= 4 is 34.8 Å². The van der Waals surface area contributed by atoms with E-state index in [4.69, 9.17) is 34.8 Å². The molecule has 0 spiro atoms. The highest BCUT2D eigenvalue weighted by molar-refractivity contribution is 6.42. The van der Waals surface area contributed by atoms with Crippen LogP contribution in [0.1, 0.15) is 5.56 Å². The first-order valence-corrected chi connectivity index (χ1v) is 4.36. The van der Waals surface area contributed by atoms with Crippen LogP contribution < -0.4 is 0 Å². The van der Waals surface area contributed by atoms with E-state index in [1.54, 1.807) is 0 Å². The van der Waals surface area contributed by atoms with E-state index in [0.717, 1.165) is 0 Å². The lowest BCUT2D eigenvalue weighted by Gasteiger charge is -2.06. The van der Waals surface area contributed by atoms with Crippen molar-refractivity contribution in [3.63, 3.8) is 0 Å². The smallest absolute Gasteiger partial charge is 0.179 e. The topological polar surface area (TPSA) is 0 Å². The van der Waals surface area contributed by atoms with E-state index in [1.165, 1.54) is 0 Å². The zero-order valence-corrected chi connectivity index (χ0v) is 8.24. The number of hydrogen-bond acceptors (Lipinski definition) is 0. The van der Waals surface area contributed by atoms with Crippen LogP contribution in [0.15, 0.2) is 0 Å². The molecule has 72 valence electrons. The average molecular weight is 249 g/mol. The summed E-state index contributed by atoms with van der Waals surface area (Å²) >= 11 is 15.6. The quantitative estimate of drug-likeness (QED) is 0.398. The zero-order chi connectivity index (χ0) is 10.2. The molecule has 0 N–H and O–H groups in total. The van der Waals surface area contributed by atoms with Gasteiger partial charge >= 0.3 is 0 Å². The van der Waals surface area contributed by atoms with Crippen LogP contribution in [0.5, 0.6) is 0 Å². The molecule has 0 amide bonds. The molecule has 0 nitrogen and oxygen atoms in total. The molecule has 0 atom stereocenters. The number of rotatable bonds is 1. The first kappa shape index (κ1) is 11.0. The fraction of sp³-hybridized carbons (Fsp3) is 0.143. The molecule has 0 aromatic heterocycles. The second-order valence-electron chi connectivity index (χ2n) is 2.18. The second kappa shape index (κ2) is 3.95. The van der Waals surface area contributed by atoms with Crippen molar-refractivity contribution in [3.8, 4) is 0 Å². The Hall–Kier alpha value is -0.120. The molecule has 0 saturated heterocycles. The highest BCUT2D eigenvalue weighted by atomic mass is 35.5. The normalized spacial score (nSPS) is 10.6. The van der Waals surface area contributed by atoms with E-state index in [9.17, 15) is 13.2 Å². The molecular weight excluding hydrogens is 247 g/mol. The Morgan fingerprint density at radius 3 is 1.77 bits per heavy atom. The summed E-state index contributed by atoms with van der Waals surface area (Å²) < 4.78 is 38.7. The van der Waals surface area contributed by atoms with E-state index in [-0.39, 0.29) is 0 Å². The van der Waals surface area contributed by atoms with Gasteiger partial charge in [-0.3, -0.25) is 0 Å². The molecule has 0 saturated carbocycles. The third-order valence-corrected chi connectivity index (χ3v) is 2.51. The average Bonchev–Trinajstić information content (AvgIpc) is 2.13. The van der Waals surface area contributed by atoms with Gasteiger partial charge in [0.1, 0.15) is 5.02 Å². The predicted molar refractivity (Wildman–Crippen MR) is 45.9 cm³/mol. The molecule has 1 aromatic carbocycles. The molecule has 0 aliphatic carbocycles. The number of benzene rings is 1. The van der Waals surface area contributed by atoms with Gasteiger partial charge in [0.15, 0.2) is 17.5 Å². The van der Waals surface area contributed by atoms with Gasteiger partial charge in [0.25, 0.3) is 0 Å². The Morgan fingerprint density at radius 1 is 0.846 bits per heavy atom. The Balaban J connectivity index is 3.56. The summed E-state index contributed by atoms with van der Waals surface area (Å²) in [6.07, 6.45) is 0.